The lowest BCUT2D eigenvalue weighted by atomic mass is 9.91. The van der Waals surface area contributed by atoms with Gasteiger partial charge in [0.25, 0.3) is 11.8 Å². The maximum absolute atomic E-state index is 13.7. The molecule has 1 saturated heterocycles. The van der Waals surface area contributed by atoms with Crippen molar-refractivity contribution in [1.82, 2.24) is 4.90 Å². The summed E-state index contributed by atoms with van der Waals surface area (Å²) in [7, 11) is 0. The zero-order valence-electron chi connectivity index (χ0n) is 19.0. The van der Waals surface area contributed by atoms with E-state index < -0.39 is 0 Å². The highest BCUT2D eigenvalue weighted by Gasteiger charge is 2.43. The monoisotopic (exact) mass is 452 g/mol. The standard InChI is InChI=1S/C26H29ClN2O3/c1-16(2)32-22-11-5-19(6-12-22)23-24(28-14-17(3)13-18(4)15-28)26(31)29(25(23)30)21-9-7-20(27)8-10-21/h5-12,16-18H,13-15H2,1-4H3. The molecule has 2 aliphatic rings. The van der Waals surface area contributed by atoms with Gasteiger partial charge in [-0.25, -0.2) is 4.90 Å². The number of benzene rings is 2. The van der Waals surface area contributed by atoms with Crippen LogP contribution in [0.5, 0.6) is 5.75 Å². The van der Waals surface area contributed by atoms with Gasteiger partial charge in [-0.3, -0.25) is 9.59 Å². The first-order valence-corrected chi connectivity index (χ1v) is 11.5. The van der Waals surface area contributed by atoms with E-state index in [1.807, 2.05) is 38.1 Å². The molecule has 0 N–H and O–H groups in total. The Morgan fingerprint density at radius 2 is 1.50 bits per heavy atom. The zero-order chi connectivity index (χ0) is 23.0. The average Bonchev–Trinajstić information content (AvgIpc) is 2.98. The molecule has 4 rings (SSSR count). The van der Waals surface area contributed by atoms with Crippen LogP contribution in [-0.2, 0) is 9.59 Å². The zero-order valence-corrected chi connectivity index (χ0v) is 19.7. The minimum absolute atomic E-state index is 0.0574. The Kier molecular flexibility index (Phi) is 6.29. The normalized spacial score (nSPS) is 21.7. The summed E-state index contributed by atoms with van der Waals surface area (Å²) < 4.78 is 5.75. The predicted molar refractivity (Wildman–Crippen MR) is 128 cm³/mol. The number of carbonyl (C=O) groups is 2. The van der Waals surface area contributed by atoms with Crippen LogP contribution in [0.25, 0.3) is 5.57 Å². The Balaban J connectivity index is 1.78. The molecular weight excluding hydrogens is 424 g/mol. The fourth-order valence-corrected chi connectivity index (χ4v) is 4.84. The van der Waals surface area contributed by atoms with Crippen molar-refractivity contribution in [2.24, 2.45) is 11.8 Å². The van der Waals surface area contributed by atoms with Crippen molar-refractivity contribution >= 4 is 34.7 Å². The van der Waals surface area contributed by atoms with Crippen molar-refractivity contribution in [1.29, 1.82) is 0 Å². The van der Waals surface area contributed by atoms with Crippen LogP contribution in [0.2, 0.25) is 5.02 Å². The molecule has 2 aliphatic heterocycles. The van der Waals surface area contributed by atoms with Crippen molar-refractivity contribution in [3.05, 3.63) is 64.8 Å². The second-order valence-corrected chi connectivity index (χ2v) is 9.62. The molecule has 5 nitrogen and oxygen atoms in total. The second-order valence-electron chi connectivity index (χ2n) is 9.19. The maximum Gasteiger partial charge on any atom is 0.282 e. The van der Waals surface area contributed by atoms with Gasteiger partial charge >= 0.3 is 0 Å². The van der Waals surface area contributed by atoms with Gasteiger partial charge in [-0.15, -0.1) is 0 Å². The van der Waals surface area contributed by atoms with Gasteiger partial charge in [0.1, 0.15) is 11.4 Å². The topological polar surface area (TPSA) is 49.9 Å². The SMILES string of the molecule is CC1CC(C)CN(C2=C(c3ccc(OC(C)C)cc3)C(=O)N(c3ccc(Cl)cc3)C2=O)C1. The third-order valence-corrected chi connectivity index (χ3v) is 6.10. The van der Waals surface area contributed by atoms with Crippen LogP contribution in [-0.4, -0.2) is 35.9 Å². The maximum atomic E-state index is 13.7. The Hall–Kier alpha value is -2.79. The van der Waals surface area contributed by atoms with Crippen molar-refractivity contribution in [2.45, 2.75) is 40.2 Å². The molecule has 2 aromatic rings. The lowest BCUT2D eigenvalue weighted by molar-refractivity contribution is -0.120. The van der Waals surface area contributed by atoms with Crippen molar-refractivity contribution in [3.63, 3.8) is 0 Å². The molecule has 2 aromatic carbocycles. The van der Waals surface area contributed by atoms with E-state index >= 15 is 0 Å². The predicted octanol–water partition coefficient (Wildman–Crippen LogP) is 5.39. The largest absolute Gasteiger partial charge is 0.491 e. The molecule has 2 atom stereocenters. The molecule has 6 heteroatoms. The third-order valence-electron chi connectivity index (χ3n) is 5.84. The number of carbonyl (C=O) groups excluding carboxylic acids is 2. The Bertz CT molecular complexity index is 1030. The molecule has 32 heavy (non-hydrogen) atoms. The Labute approximate surface area is 194 Å². The molecule has 2 heterocycles. The van der Waals surface area contributed by atoms with E-state index in [2.05, 4.69) is 18.7 Å². The quantitative estimate of drug-likeness (QED) is 0.571. The summed E-state index contributed by atoms with van der Waals surface area (Å²) in [6.45, 7) is 9.83. The van der Waals surface area contributed by atoms with E-state index in [-0.39, 0.29) is 17.9 Å². The first-order chi connectivity index (χ1) is 15.2. The average molecular weight is 453 g/mol. The Morgan fingerprint density at radius 1 is 0.906 bits per heavy atom. The number of imide groups is 1. The molecule has 2 amide bonds. The highest BCUT2D eigenvalue weighted by molar-refractivity contribution is 6.45. The van der Waals surface area contributed by atoms with Gasteiger partial charge in [0, 0.05) is 18.1 Å². The van der Waals surface area contributed by atoms with Crippen LogP contribution >= 0.6 is 11.6 Å². The number of likely N-dealkylation sites (tertiary alicyclic amines) is 1. The number of ether oxygens (including phenoxy) is 1. The number of nitrogens with zero attached hydrogens (tertiary/aromatic N) is 2. The van der Waals surface area contributed by atoms with Crippen LogP contribution in [0.4, 0.5) is 5.69 Å². The van der Waals surface area contributed by atoms with E-state index in [0.29, 0.717) is 33.8 Å². The van der Waals surface area contributed by atoms with E-state index in [9.17, 15) is 9.59 Å². The molecule has 0 saturated carbocycles. The van der Waals surface area contributed by atoms with Crippen LogP contribution < -0.4 is 9.64 Å². The van der Waals surface area contributed by atoms with E-state index in [1.54, 1.807) is 24.3 Å². The van der Waals surface area contributed by atoms with Gasteiger partial charge in [0.2, 0.25) is 0 Å². The van der Waals surface area contributed by atoms with E-state index in [0.717, 1.165) is 30.8 Å². The molecule has 1 fully saturated rings. The van der Waals surface area contributed by atoms with E-state index in [4.69, 9.17) is 16.3 Å². The molecule has 0 radical (unpaired) electrons. The number of amides is 2. The van der Waals surface area contributed by atoms with Crippen LogP contribution in [0.1, 0.15) is 39.7 Å². The molecule has 2 unspecified atom stereocenters. The lowest BCUT2D eigenvalue weighted by Gasteiger charge is -2.37. The first kappa shape index (κ1) is 22.4. The van der Waals surface area contributed by atoms with Crippen molar-refractivity contribution in [3.8, 4) is 5.75 Å². The number of piperidine rings is 1. The van der Waals surface area contributed by atoms with Crippen molar-refractivity contribution in [2.75, 3.05) is 18.0 Å². The summed E-state index contributed by atoms with van der Waals surface area (Å²) in [4.78, 5) is 30.7. The van der Waals surface area contributed by atoms with Gasteiger partial charge in [0.15, 0.2) is 0 Å². The lowest BCUT2D eigenvalue weighted by Crippen LogP contribution is -2.42. The van der Waals surface area contributed by atoms with Crippen LogP contribution in [0, 0.1) is 11.8 Å². The van der Waals surface area contributed by atoms with Gasteiger partial charge in [-0.1, -0.05) is 37.6 Å². The smallest absolute Gasteiger partial charge is 0.282 e. The number of hydrogen-bond acceptors (Lipinski definition) is 4. The number of halogens is 1. The molecule has 0 bridgehead atoms. The number of hydrogen-bond donors (Lipinski definition) is 0. The summed E-state index contributed by atoms with van der Waals surface area (Å²) in [5, 5.41) is 0.556. The fourth-order valence-electron chi connectivity index (χ4n) is 4.71. The second kappa shape index (κ2) is 8.99. The first-order valence-electron chi connectivity index (χ1n) is 11.1. The minimum Gasteiger partial charge on any atom is -0.491 e. The summed E-state index contributed by atoms with van der Waals surface area (Å²) in [5.41, 5.74) is 2.18. The summed E-state index contributed by atoms with van der Waals surface area (Å²) in [6, 6.07) is 14.2. The van der Waals surface area contributed by atoms with Gasteiger partial charge in [-0.2, -0.15) is 0 Å². The van der Waals surface area contributed by atoms with Gasteiger partial charge in [-0.05, 0) is 74.1 Å². The van der Waals surface area contributed by atoms with E-state index in [1.165, 1.54) is 4.90 Å². The third kappa shape index (κ3) is 4.40. The molecule has 0 spiro atoms. The number of anilines is 1. The molecule has 168 valence electrons. The van der Waals surface area contributed by atoms with Gasteiger partial charge in [0.05, 0.1) is 17.4 Å². The number of rotatable bonds is 5. The summed E-state index contributed by atoms with van der Waals surface area (Å²) in [5.74, 6) is 1.04. The summed E-state index contributed by atoms with van der Waals surface area (Å²) >= 11 is 6.03. The molecule has 0 aromatic heterocycles. The minimum atomic E-state index is -0.310. The molecule has 0 aliphatic carbocycles. The highest BCUT2D eigenvalue weighted by Crippen LogP contribution is 2.38. The van der Waals surface area contributed by atoms with Crippen LogP contribution in [0.3, 0.4) is 0 Å². The van der Waals surface area contributed by atoms with Crippen molar-refractivity contribution < 1.29 is 14.3 Å². The van der Waals surface area contributed by atoms with Gasteiger partial charge < -0.3 is 9.64 Å². The van der Waals surface area contributed by atoms with Crippen LogP contribution in [0.15, 0.2) is 54.2 Å². The highest BCUT2D eigenvalue weighted by atomic mass is 35.5. The molecular formula is C26H29ClN2O3. The Morgan fingerprint density at radius 3 is 2.06 bits per heavy atom. The summed E-state index contributed by atoms with van der Waals surface area (Å²) in [6.07, 6.45) is 1.17. The fraction of sp³-hybridized carbons (Fsp3) is 0.385.